The minimum Gasteiger partial charge on any atom is -0.354 e. The lowest BCUT2D eigenvalue weighted by molar-refractivity contribution is 0.424. The number of nitrogens with one attached hydrogen (secondary N) is 1. The van der Waals surface area contributed by atoms with Crippen LogP contribution in [-0.4, -0.2) is 34.1 Å². The van der Waals surface area contributed by atoms with Crippen molar-refractivity contribution in [2.45, 2.75) is 64.1 Å². The first-order valence-corrected chi connectivity index (χ1v) is 8.80. The van der Waals surface area contributed by atoms with E-state index < -0.39 is 0 Å². The quantitative estimate of drug-likeness (QED) is 0.923. The Hall–Kier alpha value is -0.740. The highest BCUT2D eigenvalue weighted by atomic mass is 32.2. The highest BCUT2D eigenvalue weighted by molar-refractivity contribution is 8.00. The summed E-state index contributed by atoms with van der Waals surface area (Å²) in [6.07, 6.45) is 0. The molecule has 1 N–H and O–H groups in total. The van der Waals surface area contributed by atoms with Gasteiger partial charge in [-0.3, -0.25) is 0 Å². The summed E-state index contributed by atoms with van der Waals surface area (Å²) in [5.41, 5.74) is 2.57. The topological polar surface area (TPSA) is 28.2 Å². The molecule has 4 heteroatoms. The average molecular weight is 308 g/mol. The van der Waals surface area contributed by atoms with Crippen LogP contribution >= 0.6 is 11.8 Å². The molecule has 1 saturated heterocycles. The highest BCUT2D eigenvalue weighted by Crippen LogP contribution is 2.28. The second-order valence-electron chi connectivity index (χ2n) is 7.24. The molecule has 0 saturated carbocycles. The Labute approximate surface area is 133 Å². The van der Waals surface area contributed by atoms with Crippen LogP contribution in [0.3, 0.4) is 0 Å². The lowest BCUT2D eigenvalue weighted by atomic mass is 10.1. The van der Waals surface area contributed by atoms with Gasteiger partial charge in [0, 0.05) is 41.4 Å². The lowest BCUT2D eigenvalue weighted by Gasteiger charge is -2.35. The lowest BCUT2D eigenvalue weighted by Crippen LogP contribution is -2.41. The maximum Gasteiger partial charge on any atom is 0.129 e. The molecule has 118 valence electrons. The molecule has 0 aliphatic carbocycles. The van der Waals surface area contributed by atoms with Crippen LogP contribution < -0.4 is 10.2 Å². The third-order valence-corrected chi connectivity index (χ3v) is 4.79. The van der Waals surface area contributed by atoms with E-state index in [1.165, 1.54) is 5.56 Å². The van der Waals surface area contributed by atoms with Crippen molar-refractivity contribution in [3.05, 3.63) is 23.4 Å². The van der Waals surface area contributed by atoms with Gasteiger partial charge in [-0.2, -0.15) is 11.8 Å². The number of anilines is 1. The first-order chi connectivity index (χ1) is 9.73. The number of hydrogen-bond donors (Lipinski definition) is 1. The fourth-order valence-electron chi connectivity index (χ4n) is 2.72. The summed E-state index contributed by atoms with van der Waals surface area (Å²) in [5, 5.41) is 4.91. The second kappa shape index (κ2) is 6.57. The summed E-state index contributed by atoms with van der Waals surface area (Å²) in [5.74, 6) is 1.14. The van der Waals surface area contributed by atoms with Gasteiger partial charge in [0.25, 0.3) is 0 Å². The molecule has 1 aromatic rings. The Morgan fingerprint density at radius 3 is 2.43 bits per heavy atom. The van der Waals surface area contributed by atoms with E-state index in [-0.39, 0.29) is 5.54 Å². The summed E-state index contributed by atoms with van der Waals surface area (Å²) in [7, 11) is 0. The second-order valence-corrected chi connectivity index (χ2v) is 9.12. The van der Waals surface area contributed by atoms with Crippen LogP contribution in [0.15, 0.2) is 12.1 Å². The van der Waals surface area contributed by atoms with Crippen LogP contribution in [0.1, 0.15) is 45.9 Å². The van der Waals surface area contributed by atoms with Crippen LogP contribution in [0, 0.1) is 6.92 Å². The molecule has 0 aromatic carbocycles. The molecule has 0 spiro atoms. The van der Waals surface area contributed by atoms with Crippen molar-refractivity contribution < 1.29 is 0 Å². The van der Waals surface area contributed by atoms with Gasteiger partial charge in [-0.15, -0.1) is 0 Å². The molecule has 1 aromatic heterocycles. The predicted octanol–water partition coefficient (Wildman–Crippen LogP) is 3.61. The maximum absolute atomic E-state index is 4.76. The molecule has 3 nitrogen and oxygen atoms in total. The van der Waals surface area contributed by atoms with E-state index >= 15 is 0 Å². The van der Waals surface area contributed by atoms with Crippen LogP contribution in [0.5, 0.6) is 0 Å². The van der Waals surface area contributed by atoms with E-state index in [0.29, 0.717) is 10.5 Å². The SMILES string of the molecule is Cc1cc(CNC(C)(C)C)cc(N2CC(C)SC(C)C2)n1. The van der Waals surface area contributed by atoms with Gasteiger partial charge in [0.2, 0.25) is 0 Å². The summed E-state index contributed by atoms with van der Waals surface area (Å²) >= 11 is 2.08. The van der Waals surface area contributed by atoms with Crippen molar-refractivity contribution in [1.82, 2.24) is 10.3 Å². The largest absolute Gasteiger partial charge is 0.354 e. The molecule has 2 rings (SSSR count). The molecule has 0 amide bonds. The molecule has 1 aliphatic rings. The van der Waals surface area contributed by atoms with E-state index in [4.69, 9.17) is 4.98 Å². The number of aryl methyl sites for hydroxylation is 1. The number of pyridine rings is 1. The van der Waals surface area contributed by atoms with Gasteiger partial charge >= 0.3 is 0 Å². The normalized spacial score (nSPS) is 23.4. The molecule has 21 heavy (non-hydrogen) atoms. The van der Waals surface area contributed by atoms with Gasteiger partial charge in [-0.05, 0) is 45.4 Å². The number of hydrogen-bond acceptors (Lipinski definition) is 4. The summed E-state index contributed by atoms with van der Waals surface area (Å²) < 4.78 is 0. The molecule has 1 aliphatic heterocycles. The summed E-state index contributed by atoms with van der Waals surface area (Å²) in [6.45, 7) is 16.4. The van der Waals surface area contributed by atoms with Gasteiger partial charge in [-0.25, -0.2) is 4.98 Å². The molecule has 2 heterocycles. The van der Waals surface area contributed by atoms with E-state index in [0.717, 1.165) is 31.1 Å². The van der Waals surface area contributed by atoms with E-state index in [2.05, 4.69) is 75.7 Å². The smallest absolute Gasteiger partial charge is 0.129 e. The number of thioether (sulfide) groups is 1. The molecular formula is C17H29N3S. The van der Waals surface area contributed by atoms with Crippen molar-refractivity contribution in [1.29, 1.82) is 0 Å². The van der Waals surface area contributed by atoms with Crippen molar-refractivity contribution >= 4 is 17.6 Å². The first kappa shape index (κ1) is 16.6. The van der Waals surface area contributed by atoms with Crippen molar-refractivity contribution in [3.63, 3.8) is 0 Å². The Morgan fingerprint density at radius 2 is 1.86 bits per heavy atom. The van der Waals surface area contributed by atoms with Crippen LogP contribution in [-0.2, 0) is 6.54 Å². The predicted molar refractivity (Wildman–Crippen MR) is 94.3 cm³/mol. The summed E-state index contributed by atoms with van der Waals surface area (Å²) in [4.78, 5) is 7.20. The fourth-order valence-corrected chi connectivity index (χ4v) is 4.04. The Balaban J connectivity index is 2.14. The molecule has 0 radical (unpaired) electrons. The van der Waals surface area contributed by atoms with E-state index in [9.17, 15) is 0 Å². The van der Waals surface area contributed by atoms with Gasteiger partial charge in [0.1, 0.15) is 5.82 Å². The minimum absolute atomic E-state index is 0.141. The van der Waals surface area contributed by atoms with Crippen molar-refractivity contribution in [2.24, 2.45) is 0 Å². The molecular weight excluding hydrogens is 278 g/mol. The summed E-state index contributed by atoms with van der Waals surface area (Å²) in [6, 6.07) is 4.44. The van der Waals surface area contributed by atoms with Gasteiger partial charge in [0.15, 0.2) is 0 Å². The molecule has 2 atom stereocenters. The zero-order chi connectivity index (χ0) is 15.6. The highest BCUT2D eigenvalue weighted by Gasteiger charge is 2.23. The van der Waals surface area contributed by atoms with Crippen molar-refractivity contribution in [2.75, 3.05) is 18.0 Å². The van der Waals surface area contributed by atoms with Crippen LogP contribution in [0.25, 0.3) is 0 Å². The monoisotopic (exact) mass is 307 g/mol. The fraction of sp³-hybridized carbons (Fsp3) is 0.706. The van der Waals surface area contributed by atoms with Crippen LogP contribution in [0.4, 0.5) is 5.82 Å². The molecule has 0 bridgehead atoms. The van der Waals surface area contributed by atoms with Crippen molar-refractivity contribution in [3.8, 4) is 0 Å². The molecule has 1 fully saturated rings. The van der Waals surface area contributed by atoms with Gasteiger partial charge in [0.05, 0.1) is 0 Å². The zero-order valence-electron chi connectivity index (χ0n) is 14.2. The van der Waals surface area contributed by atoms with Gasteiger partial charge < -0.3 is 10.2 Å². The number of rotatable bonds is 3. The van der Waals surface area contributed by atoms with Gasteiger partial charge in [-0.1, -0.05) is 13.8 Å². The Kier molecular flexibility index (Phi) is 5.20. The minimum atomic E-state index is 0.141. The number of aromatic nitrogens is 1. The van der Waals surface area contributed by atoms with E-state index in [1.807, 2.05) is 0 Å². The standard InChI is InChI=1S/C17H29N3S/c1-12-7-15(9-18-17(4,5)6)8-16(19-12)20-10-13(2)21-14(3)11-20/h7-8,13-14,18H,9-11H2,1-6H3. The Morgan fingerprint density at radius 1 is 1.24 bits per heavy atom. The van der Waals surface area contributed by atoms with E-state index in [1.54, 1.807) is 0 Å². The van der Waals surface area contributed by atoms with Crippen LogP contribution in [0.2, 0.25) is 0 Å². The number of nitrogens with zero attached hydrogens (tertiary/aromatic N) is 2. The third-order valence-electron chi connectivity index (χ3n) is 3.57. The zero-order valence-corrected chi connectivity index (χ0v) is 15.0. The average Bonchev–Trinajstić information content (AvgIpc) is 2.34. The third kappa shape index (κ3) is 5.19. The maximum atomic E-state index is 4.76. The first-order valence-electron chi connectivity index (χ1n) is 7.86. The molecule has 2 unspecified atom stereocenters. The Bertz CT molecular complexity index is 471.